The molecule has 0 aliphatic heterocycles. The Labute approximate surface area is 234 Å². The highest BCUT2D eigenvalue weighted by Gasteiger charge is 2.40. The quantitative estimate of drug-likeness (QED) is 0.181. The summed E-state index contributed by atoms with van der Waals surface area (Å²) in [4.78, 5) is 0. The van der Waals surface area contributed by atoms with E-state index >= 15 is 4.39 Å². The number of benzene rings is 5. The number of hydrogen-bond donors (Lipinski definition) is 0. The van der Waals surface area contributed by atoms with Crippen molar-refractivity contribution in [1.82, 2.24) is 9.78 Å². The zero-order valence-corrected chi connectivity index (χ0v) is 22.4. The zero-order chi connectivity index (χ0) is 26.8. The minimum Gasteiger partial charge on any atom is -0.245 e. The zero-order valence-electron chi connectivity index (χ0n) is 20.8. The summed E-state index contributed by atoms with van der Waals surface area (Å²) in [5.41, 5.74) is 4.22. The normalized spacial score (nSPS) is 11.9. The molecular weight excluding hydrogens is 554 g/mol. The van der Waals surface area contributed by atoms with E-state index in [9.17, 15) is 4.39 Å². The maximum Gasteiger partial charge on any atom is 0.139 e. The first-order chi connectivity index (χ1) is 19.1. The van der Waals surface area contributed by atoms with Crippen LogP contribution in [0.2, 0.25) is 0 Å². The second kappa shape index (κ2) is 10.4. The van der Waals surface area contributed by atoms with Gasteiger partial charge in [-0.15, -0.1) is 0 Å². The number of nitrogens with zero attached hydrogens (tertiary/aromatic N) is 2. The lowest BCUT2D eigenvalue weighted by Gasteiger charge is -2.37. The molecule has 39 heavy (non-hydrogen) atoms. The van der Waals surface area contributed by atoms with Crippen molar-refractivity contribution in [2.75, 3.05) is 0 Å². The molecule has 0 atom stereocenters. The highest BCUT2D eigenvalue weighted by atomic mass is 79.9. The molecule has 0 aliphatic carbocycles. The predicted octanol–water partition coefficient (Wildman–Crippen LogP) is 9.09. The van der Waals surface area contributed by atoms with Gasteiger partial charge >= 0.3 is 0 Å². The summed E-state index contributed by atoms with van der Waals surface area (Å²) >= 11 is 3.37. The summed E-state index contributed by atoms with van der Waals surface area (Å²) in [6.07, 6.45) is 3.78. The molecule has 0 spiro atoms. The number of rotatable bonds is 6. The van der Waals surface area contributed by atoms with Gasteiger partial charge in [0.25, 0.3) is 0 Å². The smallest absolute Gasteiger partial charge is 0.139 e. The molecule has 2 nitrogen and oxygen atoms in total. The number of aromatic nitrogens is 2. The summed E-state index contributed by atoms with van der Waals surface area (Å²) in [5, 5.41) is 5.96. The molecule has 0 bridgehead atoms. The fourth-order valence-corrected chi connectivity index (χ4v) is 5.51. The second-order valence-electron chi connectivity index (χ2n) is 9.27. The molecule has 0 unspecified atom stereocenters. The van der Waals surface area contributed by atoms with Gasteiger partial charge in [0, 0.05) is 11.5 Å². The Morgan fingerprint density at radius 3 is 1.67 bits per heavy atom. The molecule has 0 aliphatic rings. The Hall–Kier alpha value is -4.35. The van der Waals surface area contributed by atoms with Crippen LogP contribution in [0.3, 0.4) is 0 Å². The molecule has 190 valence electrons. The molecule has 1 aromatic heterocycles. The van der Waals surface area contributed by atoms with E-state index in [4.69, 9.17) is 5.10 Å². The molecule has 5 aromatic carbocycles. The van der Waals surface area contributed by atoms with Gasteiger partial charge < -0.3 is 0 Å². The average Bonchev–Trinajstić information content (AvgIpc) is 3.32. The van der Waals surface area contributed by atoms with Gasteiger partial charge in [-0.3, -0.25) is 0 Å². The van der Waals surface area contributed by atoms with Crippen molar-refractivity contribution in [1.29, 1.82) is 0 Å². The highest BCUT2D eigenvalue weighted by Crippen LogP contribution is 2.43. The molecule has 1 heterocycles. The Balaban J connectivity index is 1.71. The van der Waals surface area contributed by atoms with Gasteiger partial charge in [-0.1, -0.05) is 109 Å². The van der Waals surface area contributed by atoms with Crippen molar-refractivity contribution in [2.45, 2.75) is 5.54 Å². The summed E-state index contributed by atoms with van der Waals surface area (Å²) in [5.74, 6) is -0.666. The lowest BCUT2D eigenvalue weighted by Crippen LogP contribution is -2.38. The maximum absolute atomic E-state index is 15.2. The van der Waals surface area contributed by atoms with Gasteiger partial charge in [-0.2, -0.15) is 5.10 Å². The van der Waals surface area contributed by atoms with Crippen LogP contribution in [0.1, 0.15) is 27.9 Å². The first kappa shape index (κ1) is 25.0. The monoisotopic (exact) mass is 576 g/mol. The van der Waals surface area contributed by atoms with Crippen LogP contribution >= 0.6 is 15.9 Å². The standard InChI is InChI=1S/C34H23BrF2N2/c35-30-22-29-32(21-18-24-16-19-28(36)20-17-24)38-39(33(29)23-31(30)37)34(25-10-4-1-5-11-25,26-12-6-2-7-13-26)27-14-8-3-9-15-27/h1-23H. The van der Waals surface area contributed by atoms with E-state index in [1.54, 1.807) is 18.2 Å². The van der Waals surface area contributed by atoms with E-state index in [0.29, 0.717) is 15.7 Å². The lowest BCUT2D eigenvalue weighted by molar-refractivity contribution is 0.474. The molecule has 0 saturated carbocycles. The van der Waals surface area contributed by atoms with Crippen LogP contribution in [-0.4, -0.2) is 9.78 Å². The number of hydrogen-bond acceptors (Lipinski definition) is 1. The predicted molar refractivity (Wildman–Crippen MR) is 157 cm³/mol. The molecule has 0 amide bonds. The molecule has 0 radical (unpaired) electrons. The third-order valence-electron chi connectivity index (χ3n) is 6.95. The van der Waals surface area contributed by atoms with Crippen LogP contribution in [0, 0.1) is 11.6 Å². The molecule has 6 aromatic rings. The van der Waals surface area contributed by atoms with E-state index in [-0.39, 0.29) is 11.6 Å². The molecule has 5 heteroatoms. The van der Waals surface area contributed by atoms with Gasteiger partial charge in [0.2, 0.25) is 0 Å². The van der Waals surface area contributed by atoms with Crippen molar-refractivity contribution >= 4 is 39.0 Å². The van der Waals surface area contributed by atoms with Crippen LogP contribution in [0.15, 0.2) is 132 Å². The van der Waals surface area contributed by atoms with Crippen molar-refractivity contribution in [2.24, 2.45) is 0 Å². The highest BCUT2D eigenvalue weighted by molar-refractivity contribution is 9.10. The van der Waals surface area contributed by atoms with E-state index in [2.05, 4.69) is 52.3 Å². The third kappa shape index (κ3) is 4.49. The molecular formula is C34H23BrF2N2. The SMILES string of the molecule is Fc1ccc(C=Cc2nn(C(c3ccccc3)(c3ccccc3)c3ccccc3)c3cc(F)c(Br)cc23)cc1. The fraction of sp³-hybridized carbons (Fsp3) is 0.0294. The van der Waals surface area contributed by atoms with Gasteiger partial charge in [0.05, 0.1) is 15.7 Å². The van der Waals surface area contributed by atoms with Crippen molar-refractivity contribution < 1.29 is 8.78 Å². The van der Waals surface area contributed by atoms with E-state index in [1.165, 1.54) is 18.2 Å². The maximum atomic E-state index is 15.2. The third-order valence-corrected chi connectivity index (χ3v) is 7.55. The van der Waals surface area contributed by atoms with Crippen LogP contribution in [0.4, 0.5) is 8.78 Å². The van der Waals surface area contributed by atoms with Crippen LogP contribution in [-0.2, 0) is 5.54 Å². The van der Waals surface area contributed by atoms with Crippen molar-refractivity contribution in [3.05, 3.63) is 171 Å². The summed E-state index contributed by atoms with van der Waals surface area (Å²) in [6, 6.07) is 40.1. The molecule has 6 rings (SSSR count). The van der Waals surface area contributed by atoms with E-state index < -0.39 is 5.54 Å². The number of fused-ring (bicyclic) bond motifs is 1. The Morgan fingerprint density at radius 1 is 0.641 bits per heavy atom. The van der Waals surface area contributed by atoms with Crippen LogP contribution in [0.5, 0.6) is 0 Å². The minimum absolute atomic E-state index is 0.292. The summed E-state index contributed by atoms with van der Waals surface area (Å²) in [6.45, 7) is 0. The van der Waals surface area contributed by atoms with Crippen LogP contribution < -0.4 is 0 Å². The Kier molecular flexibility index (Phi) is 6.67. The van der Waals surface area contributed by atoms with Gasteiger partial charge in [-0.05, 0) is 62.5 Å². The summed E-state index contributed by atoms with van der Waals surface area (Å²) < 4.78 is 30.9. The van der Waals surface area contributed by atoms with Crippen molar-refractivity contribution in [3.8, 4) is 0 Å². The van der Waals surface area contributed by atoms with E-state index in [0.717, 1.165) is 27.6 Å². The van der Waals surface area contributed by atoms with Gasteiger partial charge in [-0.25, -0.2) is 13.5 Å². The topological polar surface area (TPSA) is 17.8 Å². The Bertz CT molecular complexity index is 1670. The van der Waals surface area contributed by atoms with E-state index in [1.807, 2.05) is 71.4 Å². The second-order valence-corrected chi connectivity index (χ2v) is 10.1. The lowest BCUT2D eigenvalue weighted by atomic mass is 9.77. The minimum atomic E-state index is -0.899. The first-order valence-electron chi connectivity index (χ1n) is 12.6. The largest absolute Gasteiger partial charge is 0.245 e. The summed E-state index contributed by atoms with van der Waals surface area (Å²) in [7, 11) is 0. The molecule has 0 fully saturated rings. The molecule has 0 N–H and O–H groups in total. The Morgan fingerprint density at radius 2 is 1.15 bits per heavy atom. The van der Waals surface area contributed by atoms with Crippen LogP contribution in [0.25, 0.3) is 23.1 Å². The molecule has 0 saturated heterocycles. The van der Waals surface area contributed by atoms with Crippen molar-refractivity contribution in [3.63, 3.8) is 0 Å². The fourth-order valence-electron chi connectivity index (χ4n) is 5.16. The number of halogens is 3. The van der Waals surface area contributed by atoms with Gasteiger partial charge in [0.1, 0.15) is 17.2 Å². The van der Waals surface area contributed by atoms with Gasteiger partial charge in [0.15, 0.2) is 0 Å². The first-order valence-corrected chi connectivity index (χ1v) is 13.3. The average molecular weight is 577 g/mol.